The second-order valence-corrected chi connectivity index (χ2v) is 5.98. The molecule has 1 N–H and O–H groups in total. The van der Waals surface area contributed by atoms with Crippen LogP contribution in [0.2, 0.25) is 0 Å². The molecule has 0 aromatic heterocycles. The molecule has 0 saturated carbocycles. The highest BCUT2D eigenvalue weighted by Crippen LogP contribution is 2.22. The van der Waals surface area contributed by atoms with Crippen molar-refractivity contribution in [2.45, 2.75) is 45.8 Å². The number of hydrogen-bond acceptors (Lipinski definition) is 3. The maximum Gasteiger partial charge on any atom is 0.225 e. The van der Waals surface area contributed by atoms with Crippen LogP contribution >= 0.6 is 0 Å². The van der Waals surface area contributed by atoms with Gasteiger partial charge in [-0.25, -0.2) is 0 Å². The van der Waals surface area contributed by atoms with Crippen molar-refractivity contribution >= 4 is 5.91 Å². The van der Waals surface area contributed by atoms with E-state index in [-0.39, 0.29) is 17.9 Å². The third-order valence-electron chi connectivity index (χ3n) is 4.22. The molecule has 18 heavy (non-hydrogen) atoms. The van der Waals surface area contributed by atoms with E-state index < -0.39 is 0 Å². The van der Waals surface area contributed by atoms with Crippen LogP contribution in [0.3, 0.4) is 0 Å². The SMILES string of the molecule is CC(C)C(C)C(=O)N1CC(OC2CCNCC2)C1. The smallest absolute Gasteiger partial charge is 0.225 e. The minimum atomic E-state index is 0.129. The van der Waals surface area contributed by atoms with Gasteiger partial charge in [0.15, 0.2) is 0 Å². The molecule has 2 rings (SSSR count). The van der Waals surface area contributed by atoms with Crippen LogP contribution in [-0.2, 0) is 9.53 Å². The molecule has 1 unspecified atom stereocenters. The standard InChI is InChI=1S/C14H26N2O2/c1-10(2)11(3)14(17)16-8-13(9-16)18-12-4-6-15-7-5-12/h10-13,15H,4-9H2,1-3H3. The lowest BCUT2D eigenvalue weighted by atomic mass is 9.95. The third kappa shape index (κ3) is 3.23. The Kier molecular flexibility index (Phi) is 4.62. The summed E-state index contributed by atoms with van der Waals surface area (Å²) >= 11 is 0. The van der Waals surface area contributed by atoms with Gasteiger partial charge in [0.05, 0.1) is 12.2 Å². The number of nitrogens with zero attached hydrogens (tertiary/aromatic N) is 1. The molecule has 104 valence electrons. The normalized spacial score (nSPS) is 24.1. The summed E-state index contributed by atoms with van der Waals surface area (Å²) in [5, 5.41) is 3.33. The Hall–Kier alpha value is -0.610. The van der Waals surface area contributed by atoms with E-state index in [1.165, 1.54) is 0 Å². The molecule has 2 saturated heterocycles. The predicted octanol–water partition coefficient (Wildman–Crippen LogP) is 1.26. The summed E-state index contributed by atoms with van der Waals surface area (Å²) in [5.41, 5.74) is 0. The molecule has 2 aliphatic rings. The molecule has 0 aromatic carbocycles. The predicted molar refractivity (Wildman–Crippen MR) is 71.3 cm³/mol. The lowest BCUT2D eigenvalue weighted by Crippen LogP contribution is -2.57. The summed E-state index contributed by atoms with van der Waals surface area (Å²) in [5.74, 6) is 0.835. The molecule has 1 amide bonds. The summed E-state index contributed by atoms with van der Waals surface area (Å²) in [6, 6.07) is 0. The fraction of sp³-hybridized carbons (Fsp3) is 0.929. The average Bonchev–Trinajstić information content (AvgIpc) is 2.32. The topological polar surface area (TPSA) is 41.6 Å². The van der Waals surface area contributed by atoms with E-state index in [1.54, 1.807) is 0 Å². The number of ether oxygens (including phenoxy) is 1. The molecule has 4 heteroatoms. The molecular weight excluding hydrogens is 228 g/mol. The first kappa shape index (κ1) is 13.8. The highest BCUT2D eigenvalue weighted by atomic mass is 16.5. The van der Waals surface area contributed by atoms with E-state index in [1.807, 2.05) is 11.8 Å². The minimum Gasteiger partial charge on any atom is -0.371 e. The van der Waals surface area contributed by atoms with E-state index in [9.17, 15) is 4.79 Å². The van der Waals surface area contributed by atoms with E-state index in [0.29, 0.717) is 12.0 Å². The van der Waals surface area contributed by atoms with E-state index in [4.69, 9.17) is 4.74 Å². The number of rotatable bonds is 4. The van der Waals surface area contributed by atoms with Gasteiger partial charge in [-0.2, -0.15) is 0 Å². The second kappa shape index (κ2) is 6.02. The zero-order chi connectivity index (χ0) is 13.1. The van der Waals surface area contributed by atoms with Crippen molar-refractivity contribution in [1.82, 2.24) is 10.2 Å². The van der Waals surface area contributed by atoms with Gasteiger partial charge in [-0.3, -0.25) is 4.79 Å². The number of piperidine rings is 1. The van der Waals surface area contributed by atoms with Crippen molar-refractivity contribution in [3.63, 3.8) is 0 Å². The van der Waals surface area contributed by atoms with Crippen molar-refractivity contribution in [3.8, 4) is 0 Å². The van der Waals surface area contributed by atoms with Crippen molar-refractivity contribution in [1.29, 1.82) is 0 Å². The van der Waals surface area contributed by atoms with Crippen LogP contribution in [0.1, 0.15) is 33.6 Å². The fourth-order valence-corrected chi connectivity index (χ4v) is 2.48. The van der Waals surface area contributed by atoms with Crippen LogP contribution in [0, 0.1) is 11.8 Å². The monoisotopic (exact) mass is 254 g/mol. The maximum atomic E-state index is 12.1. The Balaban J connectivity index is 1.68. The fourth-order valence-electron chi connectivity index (χ4n) is 2.48. The van der Waals surface area contributed by atoms with E-state index in [2.05, 4.69) is 19.2 Å². The number of nitrogens with one attached hydrogen (secondary N) is 1. The van der Waals surface area contributed by atoms with Crippen molar-refractivity contribution < 1.29 is 9.53 Å². The van der Waals surface area contributed by atoms with Gasteiger partial charge in [-0.15, -0.1) is 0 Å². The molecule has 2 heterocycles. The first-order valence-corrected chi connectivity index (χ1v) is 7.23. The molecule has 0 spiro atoms. The molecule has 1 atom stereocenters. The Morgan fingerprint density at radius 2 is 1.78 bits per heavy atom. The summed E-state index contributed by atoms with van der Waals surface area (Å²) in [7, 11) is 0. The lowest BCUT2D eigenvalue weighted by Gasteiger charge is -2.42. The summed E-state index contributed by atoms with van der Waals surface area (Å²) in [6.45, 7) is 9.93. The Bertz CT molecular complexity index is 282. The number of carbonyl (C=O) groups excluding carboxylic acids is 1. The van der Waals surface area contributed by atoms with Crippen LogP contribution in [-0.4, -0.2) is 49.2 Å². The Labute approximate surface area is 110 Å². The summed E-state index contributed by atoms with van der Waals surface area (Å²) in [6.07, 6.45) is 2.88. The van der Waals surface area contributed by atoms with Gasteiger partial charge in [0.2, 0.25) is 5.91 Å². The van der Waals surface area contributed by atoms with Gasteiger partial charge in [0.25, 0.3) is 0 Å². The van der Waals surface area contributed by atoms with Crippen LogP contribution in [0.15, 0.2) is 0 Å². The first-order valence-electron chi connectivity index (χ1n) is 7.23. The lowest BCUT2D eigenvalue weighted by molar-refractivity contribution is -0.155. The van der Waals surface area contributed by atoms with Gasteiger partial charge < -0.3 is 15.0 Å². The van der Waals surface area contributed by atoms with Crippen LogP contribution in [0.25, 0.3) is 0 Å². The van der Waals surface area contributed by atoms with E-state index in [0.717, 1.165) is 39.0 Å². The molecule has 0 radical (unpaired) electrons. The number of carbonyl (C=O) groups is 1. The van der Waals surface area contributed by atoms with Gasteiger partial charge in [0, 0.05) is 19.0 Å². The molecular formula is C14H26N2O2. The van der Waals surface area contributed by atoms with Gasteiger partial charge in [0.1, 0.15) is 0 Å². The molecule has 0 bridgehead atoms. The zero-order valence-corrected chi connectivity index (χ0v) is 11.8. The highest BCUT2D eigenvalue weighted by Gasteiger charge is 2.35. The molecule has 0 aromatic rings. The van der Waals surface area contributed by atoms with Crippen LogP contribution in [0.4, 0.5) is 0 Å². The maximum absolute atomic E-state index is 12.1. The molecule has 0 aliphatic carbocycles. The highest BCUT2D eigenvalue weighted by molar-refractivity contribution is 5.79. The Morgan fingerprint density at radius 3 is 2.33 bits per heavy atom. The third-order valence-corrected chi connectivity index (χ3v) is 4.22. The summed E-state index contributed by atoms with van der Waals surface area (Å²) < 4.78 is 6.01. The van der Waals surface area contributed by atoms with Crippen LogP contribution in [0.5, 0.6) is 0 Å². The Morgan fingerprint density at radius 1 is 1.17 bits per heavy atom. The minimum absolute atomic E-state index is 0.129. The summed E-state index contributed by atoms with van der Waals surface area (Å²) in [4.78, 5) is 14.0. The second-order valence-electron chi connectivity index (χ2n) is 5.98. The van der Waals surface area contributed by atoms with Crippen molar-refractivity contribution in [2.24, 2.45) is 11.8 Å². The molecule has 2 fully saturated rings. The largest absolute Gasteiger partial charge is 0.371 e. The molecule has 2 aliphatic heterocycles. The zero-order valence-electron chi connectivity index (χ0n) is 11.8. The number of hydrogen-bond donors (Lipinski definition) is 1. The van der Waals surface area contributed by atoms with Crippen molar-refractivity contribution in [2.75, 3.05) is 26.2 Å². The van der Waals surface area contributed by atoms with Gasteiger partial charge in [-0.05, 0) is 31.8 Å². The van der Waals surface area contributed by atoms with E-state index >= 15 is 0 Å². The average molecular weight is 254 g/mol. The van der Waals surface area contributed by atoms with Crippen molar-refractivity contribution in [3.05, 3.63) is 0 Å². The number of likely N-dealkylation sites (tertiary alicyclic amines) is 1. The number of amides is 1. The van der Waals surface area contributed by atoms with Gasteiger partial charge in [-0.1, -0.05) is 20.8 Å². The van der Waals surface area contributed by atoms with Crippen LogP contribution < -0.4 is 5.32 Å². The molecule has 4 nitrogen and oxygen atoms in total. The quantitative estimate of drug-likeness (QED) is 0.821. The van der Waals surface area contributed by atoms with Gasteiger partial charge >= 0.3 is 0 Å². The first-order chi connectivity index (χ1) is 8.58.